The van der Waals surface area contributed by atoms with Gasteiger partial charge in [-0.05, 0) is 114 Å². The molecule has 0 saturated carbocycles. The summed E-state index contributed by atoms with van der Waals surface area (Å²) in [6.45, 7) is 0. The number of aliphatic imine (C=N–C) groups is 1. The number of allylic oxidation sites excluding steroid dienone is 4. The predicted octanol–water partition coefficient (Wildman–Crippen LogP) is 8.52. The lowest BCUT2D eigenvalue weighted by Gasteiger charge is -2.30. The zero-order valence-corrected chi connectivity index (χ0v) is 22.0. The maximum atomic E-state index is 10.2. The average Bonchev–Trinajstić information content (AvgIpc) is 2.99. The highest BCUT2D eigenvalue weighted by molar-refractivity contribution is 6.06. The van der Waals surface area contributed by atoms with Gasteiger partial charge in [-0.3, -0.25) is 4.99 Å². The Morgan fingerprint density at radius 1 is 0.675 bits per heavy atom. The Bertz CT molecular complexity index is 1660. The van der Waals surface area contributed by atoms with E-state index in [1.807, 2.05) is 48.5 Å². The van der Waals surface area contributed by atoms with Crippen molar-refractivity contribution in [1.29, 1.82) is 5.26 Å². The Balaban J connectivity index is 1.22. The van der Waals surface area contributed by atoms with Gasteiger partial charge in [0.2, 0.25) is 0 Å². The molecule has 2 aliphatic rings. The van der Waals surface area contributed by atoms with Gasteiger partial charge in [0.1, 0.15) is 17.6 Å². The van der Waals surface area contributed by atoms with Gasteiger partial charge in [0, 0.05) is 11.4 Å². The maximum absolute atomic E-state index is 10.2. The van der Waals surface area contributed by atoms with E-state index in [4.69, 9.17) is 4.99 Å². The lowest BCUT2D eigenvalue weighted by Crippen LogP contribution is -2.22. The van der Waals surface area contributed by atoms with E-state index in [0.717, 1.165) is 76.3 Å². The van der Waals surface area contributed by atoms with Crippen LogP contribution in [0, 0.1) is 17.2 Å². The highest BCUT2D eigenvalue weighted by Crippen LogP contribution is 2.39. The SMILES string of the molecule is N#CC1=C2C=C(Nc3ccc(-c4ccc(O)cc4)cc3)CCC2CCC1=Nc1ccc(-c2ccc(O)cc2)cc1. The number of anilines is 1. The summed E-state index contributed by atoms with van der Waals surface area (Å²) >= 11 is 0. The molecule has 0 radical (unpaired) electrons. The minimum atomic E-state index is 0.248. The summed E-state index contributed by atoms with van der Waals surface area (Å²) in [4.78, 5) is 4.89. The van der Waals surface area contributed by atoms with Crippen LogP contribution >= 0.6 is 0 Å². The van der Waals surface area contributed by atoms with Gasteiger partial charge in [-0.15, -0.1) is 0 Å². The van der Waals surface area contributed by atoms with Crippen molar-refractivity contribution in [2.75, 3.05) is 5.32 Å². The number of benzene rings is 4. The van der Waals surface area contributed by atoms with Crippen LogP contribution in [0.15, 0.2) is 125 Å². The molecule has 5 heteroatoms. The van der Waals surface area contributed by atoms with Crippen molar-refractivity contribution < 1.29 is 10.2 Å². The summed E-state index contributed by atoms with van der Waals surface area (Å²) in [6, 6.07) is 33.1. The number of hydrogen-bond donors (Lipinski definition) is 3. The Morgan fingerprint density at radius 3 is 1.73 bits per heavy atom. The van der Waals surface area contributed by atoms with Gasteiger partial charge in [-0.25, -0.2) is 0 Å². The highest BCUT2D eigenvalue weighted by atomic mass is 16.3. The third-order valence-corrected chi connectivity index (χ3v) is 7.67. The minimum absolute atomic E-state index is 0.248. The van der Waals surface area contributed by atoms with Gasteiger partial charge < -0.3 is 15.5 Å². The molecule has 0 amide bonds. The van der Waals surface area contributed by atoms with Crippen LogP contribution in [0.5, 0.6) is 11.5 Å². The molecule has 0 aliphatic heterocycles. The van der Waals surface area contributed by atoms with Gasteiger partial charge >= 0.3 is 0 Å². The fourth-order valence-corrected chi connectivity index (χ4v) is 5.50. The van der Waals surface area contributed by atoms with Crippen molar-refractivity contribution in [3.63, 3.8) is 0 Å². The van der Waals surface area contributed by atoms with E-state index in [-0.39, 0.29) is 11.5 Å². The first kappa shape index (κ1) is 25.2. The lowest BCUT2D eigenvalue weighted by molar-refractivity contribution is 0.475. The first-order chi connectivity index (χ1) is 19.6. The van der Waals surface area contributed by atoms with E-state index in [9.17, 15) is 15.5 Å². The predicted molar refractivity (Wildman–Crippen MR) is 160 cm³/mol. The Kier molecular flexibility index (Phi) is 6.91. The summed E-state index contributed by atoms with van der Waals surface area (Å²) in [5.74, 6) is 0.890. The number of fused-ring (bicyclic) bond motifs is 1. The molecule has 1 atom stereocenters. The molecule has 0 aromatic heterocycles. The molecule has 2 aliphatic carbocycles. The second-order valence-electron chi connectivity index (χ2n) is 10.3. The van der Waals surface area contributed by atoms with E-state index in [0.29, 0.717) is 11.5 Å². The smallest absolute Gasteiger partial charge is 0.115 e. The third-order valence-electron chi connectivity index (χ3n) is 7.67. The molecule has 4 aromatic rings. The number of rotatable bonds is 5. The van der Waals surface area contributed by atoms with Gasteiger partial charge in [0.05, 0.1) is 17.0 Å². The molecule has 0 fully saturated rings. The van der Waals surface area contributed by atoms with Crippen LogP contribution in [0.25, 0.3) is 22.3 Å². The van der Waals surface area contributed by atoms with Crippen molar-refractivity contribution >= 4 is 17.1 Å². The highest BCUT2D eigenvalue weighted by Gasteiger charge is 2.29. The molecule has 0 spiro atoms. The average molecular weight is 524 g/mol. The quantitative estimate of drug-likeness (QED) is 0.245. The molecule has 0 heterocycles. The van der Waals surface area contributed by atoms with Crippen molar-refractivity contribution in [1.82, 2.24) is 0 Å². The Labute approximate surface area is 234 Å². The lowest BCUT2D eigenvalue weighted by atomic mass is 9.76. The molecule has 1 unspecified atom stereocenters. The fraction of sp³-hybridized carbons (Fsp3) is 0.143. The number of hydrogen-bond acceptors (Lipinski definition) is 5. The van der Waals surface area contributed by atoms with Crippen LogP contribution in [-0.2, 0) is 0 Å². The Morgan fingerprint density at radius 2 is 1.18 bits per heavy atom. The van der Waals surface area contributed by atoms with Crippen LogP contribution in [0.3, 0.4) is 0 Å². The van der Waals surface area contributed by atoms with Crippen molar-refractivity contribution in [2.45, 2.75) is 25.7 Å². The molecule has 6 rings (SSSR count). The minimum Gasteiger partial charge on any atom is -0.508 e. The zero-order valence-electron chi connectivity index (χ0n) is 22.0. The van der Waals surface area contributed by atoms with E-state index < -0.39 is 0 Å². The van der Waals surface area contributed by atoms with Crippen LogP contribution in [0.2, 0.25) is 0 Å². The van der Waals surface area contributed by atoms with Crippen molar-refractivity contribution in [3.05, 3.63) is 120 Å². The Hall–Kier alpha value is -5.08. The topological polar surface area (TPSA) is 88.6 Å². The zero-order chi connectivity index (χ0) is 27.5. The van der Waals surface area contributed by atoms with Crippen LogP contribution in [0.1, 0.15) is 25.7 Å². The molecule has 5 nitrogen and oxygen atoms in total. The normalized spacial score (nSPS) is 17.6. The molecular weight excluding hydrogens is 494 g/mol. The number of nitrogens with zero attached hydrogens (tertiary/aromatic N) is 2. The van der Waals surface area contributed by atoms with Crippen molar-refractivity contribution in [2.24, 2.45) is 10.9 Å². The maximum Gasteiger partial charge on any atom is 0.115 e. The third kappa shape index (κ3) is 5.39. The molecule has 40 heavy (non-hydrogen) atoms. The first-order valence-corrected chi connectivity index (χ1v) is 13.5. The number of phenolic OH excluding ortho intramolecular Hbond substituents is 2. The van der Waals surface area contributed by atoms with Crippen LogP contribution in [0.4, 0.5) is 11.4 Å². The second-order valence-corrected chi connectivity index (χ2v) is 10.3. The molecule has 3 N–H and O–H groups in total. The summed E-state index contributed by atoms with van der Waals surface area (Å²) in [6.07, 6.45) is 5.91. The summed E-state index contributed by atoms with van der Waals surface area (Å²) in [7, 11) is 0. The fourth-order valence-electron chi connectivity index (χ4n) is 5.50. The van der Waals surface area contributed by atoms with Gasteiger partial charge in [0.15, 0.2) is 0 Å². The summed E-state index contributed by atoms with van der Waals surface area (Å²) in [5.41, 5.74) is 9.79. The van der Waals surface area contributed by atoms with E-state index in [1.54, 1.807) is 24.3 Å². The molecule has 196 valence electrons. The van der Waals surface area contributed by atoms with Crippen LogP contribution < -0.4 is 5.32 Å². The van der Waals surface area contributed by atoms with E-state index >= 15 is 0 Å². The number of phenols is 2. The second kappa shape index (κ2) is 11.0. The van der Waals surface area contributed by atoms with Crippen molar-refractivity contribution in [3.8, 4) is 39.8 Å². The van der Waals surface area contributed by atoms with E-state index in [2.05, 4.69) is 41.7 Å². The number of aromatic hydroxyl groups is 2. The van der Waals surface area contributed by atoms with E-state index in [1.165, 1.54) is 0 Å². The van der Waals surface area contributed by atoms with Gasteiger partial charge in [-0.1, -0.05) is 48.5 Å². The number of nitrogens with one attached hydrogen (secondary N) is 1. The summed E-state index contributed by atoms with van der Waals surface area (Å²) < 4.78 is 0. The van der Waals surface area contributed by atoms with Gasteiger partial charge in [-0.2, -0.15) is 5.26 Å². The summed E-state index contributed by atoms with van der Waals surface area (Å²) in [5, 5.41) is 32.8. The largest absolute Gasteiger partial charge is 0.508 e. The molecule has 0 bridgehead atoms. The van der Waals surface area contributed by atoms with Crippen LogP contribution in [-0.4, -0.2) is 15.9 Å². The standard InChI is InChI=1S/C35H29N3O2/c36-22-34-33-21-30(37-28-11-1-23(2-12-28)25-6-16-31(39)17-7-25)15-5-27(33)10-20-35(34)38-29-13-3-24(4-14-29)26-8-18-32(40)19-9-26/h1-4,6-9,11-14,16-19,21,27,37,39-40H,5,10,15,20H2. The number of nitriles is 1. The van der Waals surface area contributed by atoms with Gasteiger partial charge in [0.25, 0.3) is 0 Å². The monoisotopic (exact) mass is 523 g/mol. The molecule has 4 aromatic carbocycles. The molecular formula is C35H29N3O2. The first-order valence-electron chi connectivity index (χ1n) is 13.5. The molecule has 0 saturated heterocycles.